The quantitative estimate of drug-likeness (QED) is 0.570. The number of nitrogens with two attached hydrogens (primary N) is 1. The Morgan fingerprint density at radius 1 is 1.26 bits per heavy atom. The number of halogens is 3. The zero-order valence-corrected chi connectivity index (χ0v) is 12.2. The number of hydrogen-bond acceptors (Lipinski definition) is 5. The first-order valence-electron chi connectivity index (χ1n) is 6.26. The van der Waals surface area contributed by atoms with Crippen molar-refractivity contribution in [3.8, 4) is 0 Å². The largest absolute Gasteiger partial charge is 0.449 e. The number of amides is 3. The second-order valence-corrected chi connectivity index (χ2v) is 4.42. The van der Waals surface area contributed by atoms with Gasteiger partial charge in [0.15, 0.2) is 6.10 Å². The summed E-state index contributed by atoms with van der Waals surface area (Å²) in [4.78, 5) is 34.3. The van der Waals surface area contributed by atoms with Crippen LogP contribution in [0.4, 0.5) is 23.7 Å². The standard InChI is InChI=1S/C13H14F3N3O4/c1-6(10(20)19-12(22)18-2)23-11(21)8-4-3-7(5-9(8)17)13(14,15)16/h3-6H,17H2,1-2H3,(H2,18,19,20,22)/t6-/m0/s1. The number of nitrogens with one attached hydrogen (secondary N) is 2. The maximum Gasteiger partial charge on any atom is 0.416 e. The van der Waals surface area contributed by atoms with Gasteiger partial charge in [-0.2, -0.15) is 13.2 Å². The van der Waals surface area contributed by atoms with Crippen LogP contribution >= 0.6 is 0 Å². The van der Waals surface area contributed by atoms with E-state index in [0.29, 0.717) is 12.1 Å². The predicted molar refractivity (Wildman–Crippen MR) is 73.3 cm³/mol. The van der Waals surface area contributed by atoms with Gasteiger partial charge in [-0.25, -0.2) is 9.59 Å². The fourth-order valence-electron chi connectivity index (χ4n) is 1.48. The number of esters is 1. The molecule has 1 atom stereocenters. The molecular formula is C13H14F3N3O4. The first-order chi connectivity index (χ1) is 10.6. The lowest BCUT2D eigenvalue weighted by Crippen LogP contribution is -2.43. The van der Waals surface area contributed by atoms with Gasteiger partial charge in [-0.05, 0) is 25.1 Å². The summed E-state index contributed by atoms with van der Waals surface area (Å²) in [7, 11) is 1.28. The van der Waals surface area contributed by atoms with E-state index >= 15 is 0 Å². The number of carbonyl (C=O) groups excluding carboxylic acids is 3. The molecule has 126 valence electrons. The molecule has 0 aliphatic heterocycles. The second kappa shape index (κ2) is 6.99. The van der Waals surface area contributed by atoms with Crippen LogP contribution in [0.25, 0.3) is 0 Å². The first-order valence-corrected chi connectivity index (χ1v) is 6.26. The zero-order chi connectivity index (χ0) is 17.8. The lowest BCUT2D eigenvalue weighted by molar-refractivity contribution is -0.137. The summed E-state index contributed by atoms with van der Waals surface area (Å²) in [5.41, 5.74) is 3.63. The van der Waals surface area contributed by atoms with Gasteiger partial charge >= 0.3 is 18.2 Å². The number of benzene rings is 1. The molecule has 7 nitrogen and oxygen atoms in total. The minimum Gasteiger partial charge on any atom is -0.449 e. The smallest absolute Gasteiger partial charge is 0.416 e. The van der Waals surface area contributed by atoms with Crippen LogP contribution in [0.3, 0.4) is 0 Å². The molecule has 0 saturated carbocycles. The van der Waals surface area contributed by atoms with E-state index in [1.807, 2.05) is 5.32 Å². The van der Waals surface area contributed by atoms with E-state index in [4.69, 9.17) is 10.5 Å². The van der Waals surface area contributed by atoms with Crippen molar-refractivity contribution in [2.45, 2.75) is 19.2 Å². The zero-order valence-electron chi connectivity index (χ0n) is 12.2. The average Bonchev–Trinajstić information content (AvgIpc) is 2.45. The predicted octanol–water partition coefficient (Wildman–Crippen LogP) is 1.29. The molecule has 0 spiro atoms. The Hall–Kier alpha value is -2.78. The number of anilines is 1. The highest BCUT2D eigenvalue weighted by Gasteiger charge is 2.31. The molecule has 10 heteroatoms. The summed E-state index contributed by atoms with van der Waals surface area (Å²) in [5.74, 6) is -1.99. The Bertz CT molecular complexity index is 631. The molecule has 0 radical (unpaired) electrons. The minimum atomic E-state index is -4.60. The van der Waals surface area contributed by atoms with Gasteiger partial charge < -0.3 is 15.8 Å². The normalized spacial score (nSPS) is 12.2. The SMILES string of the molecule is CNC(=O)NC(=O)[C@H](C)OC(=O)c1ccc(C(F)(F)F)cc1N. The molecule has 0 heterocycles. The number of nitrogen functional groups attached to an aromatic ring is 1. The summed E-state index contributed by atoms with van der Waals surface area (Å²) < 4.78 is 42.3. The second-order valence-electron chi connectivity index (χ2n) is 4.42. The van der Waals surface area contributed by atoms with Crippen molar-refractivity contribution in [1.29, 1.82) is 0 Å². The van der Waals surface area contributed by atoms with Crippen molar-refractivity contribution in [2.75, 3.05) is 12.8 Å². The number of urea groups is 1. The molecule has 0 saturated heterocycles. The maximum absolute atomic E-state index is 12.5. The van der Waals surface area contributed by atoms with Gasteiger partial charge in [0.05, 0.1) is 11.1 Å². The van der Waals surface area contributed by atoms with Crippen LogP contribution in [0, 0.1) is 0 Å². The van der Waals surface area contributed by atoms with Crippen LogP contribution in [-0.4, -0.2) is 31.1 Å². The average molecular weight is 333 g/mol. The van der Waals surface area contributed by atoms with E-state index in [0.717, 1.165) is 6.07 Å². The molecule has 4 N–H and O–H groups in total. The van der Waals surface area contributed by atoms with Crippen molar-refractivity contribution in [2.24, 2.45) is 0 Å². The fourth-order valence-corrected chi connectivity index (χ4v) is 1.48. The monoisotopic (exact) mass is 333 g/mol. The maximum atomic E-state index is 12.5. The summed E-state index contributed by atoms with van der Waals surface area (Å²) in [6.07, 6.45) is -5.95. The Balaban J connectivity index is 2.82. The van der Waals surface area contributed by atoms with Crippen LogP contribution in [0.5, 0.6) is 0 Å². The van der Waals surface area contributed by atoms with Gasteiger partial charge in [-0.3, -0.25) is 10.1 Å². The highest BCUT2D eigenvalue weighted by molar-refractivity contribution is 6.00. The van der Waals surface area contributed by atoms with Gasteiger partial charge in [-0.1, -0.05) is 0 Å². The molecular weight excluding hydrogens is 319 g/mol. The molecule has 0 aliphatic carbocycles. The van der Waals surface area contributed by atoms with E-state index in [9.17, 15) is 27.6 Å². The van der Waals surface area contributed by atoms with Crippen LogP contribution < -0.4 is 16.4 Å². The highest BCUT2D eigenvalue weighted by atomic mass is 19.4. The van der Waals surface area contributed by atoms with E-state index in [-0.39, 0.29) is 5.56 Å². The molecule has 1 aromatic rings. The number of hydrogen-bond donors (Lipinski definition) is 3. The molecule has 0 bridgehead atoms. The minimum absolute atomic E-state index is 0.322. The molecule has 1 aromatic carbocycles. The summed E-state index contributed by atoms with van der Waals surface area (Å²) in [6, 6.07) is 1.31. The lowest BCUT2D eigenvalue weighted by Gasteiger charge is -2.14. The van der Waals surface area contributed by atoms with Crippen molar-refractivity contribution in [1.82, 2.24) is 10.6 Å². The Labute approximate surface area is 129 Å². The Morgan fingerprint density at radius 2 is 1.87 bits per heavy atom. The third kappa shape index (κ3) is 4.87. The topological polar surface area (TPSA) is 111 Å². The van der Waals surface area contributed by atoms with Crippen molar-refractivity contribution in [3.05, 3.63) is 29.3 Å². The molecule has 3 amide bonds. The molecule has 0 aliphatic rings. The van der Waals surface area contributed by atoms with Gasteiger partial charge in [0.1, 0.15) is 0 Å². The van der Waals surface area contributed by atoms with Gasteiger partial charge in [-0.15, -0.1) is 0 Å². The van der Waals surface area contributed by atoms with Crippen LogP contribution in [-0.2, 0) is 15.7 Å². The number of alkyl halides is 3. The first kappa shape index (κ1) is 18.3. The van der Waals surface area contributed by atoms with Crippen molar-refractivity contribution >= 4 is 23.6 Å². The van der Waals surface area contributed by atoms with Crippen molar-refractivity contribution in [3.63, 3.8) is 0 Å². The number of ether oxygens (including phenoxy) is 1. The molecule has 0 aromatic heterocycles. The third-order valence-corrected chi connectivity index (χ3v) is 2.72. The van der Waals surface area contributed by atoms with Crippen LogP contribution in [0.15, 0.2) is 18.2 Å². The summed E-state index contributed by atoms with van der Waals surface area (Å²) in [6.45, 7) is 1.19. The molecule has 1 rings (SSSR count). The summed E-state index contributed by atoms with van der Waals surface area (Å²) >= 11 is 0. The Morgan fingerprint density at radius 3 is 2.35 bits per heavy atom. The van der Waals surface area contributed by atoms with E-state index in [2.05, 4.69) is 5.32 Å². The Kier molecular flexibility index (Phi) is 5.55. The lowest BCUT2D eigenvalue weighted by atomic mass is 10.1. The third-order valence-electron chi connectivity index (χ3n) is 2.72. The van der Waals surface area contributed by atoms with Gasteiger partial charge in [0.25, 0.3) is 5.91 Å². The van der Waals surface area contributed by atoms with Crippen LogP contribution in [0.1, 0.15) is 22.8 Å². The van der Waals surface area contributed by atoms with E-state index in [1.165, 1.54) is 14.0 Å². The van der Waals surface area contributed by atoms with Crippen LogP contribution in [0.2, 0.25) is 0 Å². The van der Waals surface area contributed by atoms with E-state index < -0.39 is 41.4 Å². The van der Waals surface area contributed by atoms with E-state index in [1.54, 1.807) is 0 Å². The number of carbonyl (C=O) groups is 3. The van der Waals surface area contributed by atoms with Gasteiger partial charge in [0, 0.05) is 12.7 Å². The molecule has 0 fully saturated rings. The molecule has 0 unspecified atom stereocenters. The number of imide groups is 1. The highest BCUT2D eigenvalue weighted by Crippen LogP contribution is 2.31. The number of rotatable bonds is 3. The summed E-state index contributed by atoms with van der Waals surface area (Å²) in [5, 5.41) is 4.01. The van der Waals surface area contributed by atoms with Crippen molar-refractivity contribution < 1.29 is 32.3 Å². The molecule has 23 heavy (non-hydrogen) atoms. The van der Waals surface area contributed by atoms with Gasteiger partial charge in [0.2, 0.25) is 0 Å². The fraction of sp³-hybridized carbons (Fsp3) is 0.308.